The maximum absolute atomic E-state index is 10.2. The van der Waals surface area contributed by atoms with E-state index in [0.717, 1.165) is 18.5 Å². The number of aromatic nitrogens is 3. The highest BCUT2D eigenvalue weighted by Crippen LogP contribution is 2.44. The van der Waals surface area contributed by atoms with Crippen molar-refractivity contribution in [2.45, 2.75) is 50.2 Å². The SMILES string of the molecule is C[C@]1(O)C[C@@H](Nc2nnc(-c3ccc(Cl)cc3O)c(C3CC3)n2)C1. The molecule has 2 aliphatic carbocycles. The normalized spacial score (nSPS) is 26.0. The van der Waals surface area contributed by atoms with E-state index < -0.39 is 5.60 Å². The molecule has 126 valence electrons. The zero-order valence-corrected chi connectivity index (χ0v) is 14.1. The zero-order valence-electron chi connectivity index (χ0n) is 13.3. The topological polar surface area (TPSA) is 91.2 Å². The van der Waals surface area contributed by atoms with Crippen LogP contribution in [-0.4, -0.2) is 37.0 Å². The molecule has 0 amide bonds. The fraction of sp³-hybridized carbons (Fsp3) is 0.471. The predicted octanol–water partition coefficient (Wildman–Crippen LogP) is 3.10. The number of hydrogen-bond acceptors (Lipinski definition) is 6. The van der Waals surface area contributed by atoms with E-state index in [1.165, 1.54) is 6.07 Å². The first-order chi connectivity index (χ1) is 11.4. The highest BCUT2D eigenvalue weighted by molar-refractivity contribution is 6.30. The van der Waals surface area contributed by atoms with E-state index in [0.29, 0.717) is 41.0 Å². The fourth-order valence-electron chi connectivity index (χ4n) is 3.22. The summed E-state index contributed by atoms with van der Waals surface area (Å²) in [6, 6.07) is 5.13. The van der Waals surface area contributed by atoms with E-state index in [2.05, 4.69) is 20.5 Å². The number of phenols is 1. The van der Waals surface area contributed by atoms with Crippen molar-refractivity contribution in [3.63, 3.8) is 0 Å². The molecule has 0 spiro atoms. The summed E-state index contributed by atoms with van der Waals surface area (Å²) in [5.41, 5.74) is 1.47. The minimum Gasteiger partial charge on any atom is -0.507 e. The van der Waals surface area contributed by atoms with Crippen LogP contribution < -0.4 is 5.32 Å². The molecule has 0 bridgehead atoms. The van der Waals surface area contributed by atoms with Gasteiger partial charge in [-0.1, -0.05) is 11.6 Å². The Hall–Kier alpha value is -1.92. The van der Waals surface area contributed by atoms with Gasteiger partial charge in [0, 0.05) is 22.5 Å². The molecule has 2 aliphatic rings. The maximum atomic E-state index is 10.2. The van der Waals surface area contributed by atoms with Crippen LogP contribution in [0.2, 0.25) is 5.02 Å². The fourth-order valence-corrected chi connectivity index (χ4v) is 3.39. The van der Waals surface area contributed by atoms with Gasteiger partial charge in [0.2, 0.25) is 5.95 Å². The molecule has 0 aliphatic heterocycles. The van der Waals surface area contributed by atoms with Gasteiger partial charge in [-0.25, -0.2) is 4.98 Å². The third-order valence-corrected chi connectivity index (χ3v) is 4.83. The smallest absolute Gasteiger partial charge is 0.243 e. The van der Waals surface area contributed by atoms with Crippen molar-refractivity contribution < 1.29 is 10.2 Å². The van der Waals surface area contributed by atoms with Gasteiger partial charge < -0.3 is 15.5 Å². The van der Waals surface area contributed by atoms with E-state index in [9.17, 15) is 10.2 Å². The average molecular weight is 347 g/mol. The Labute approximate surface area is 144 Å². The Morgan fingerprint density at radius 1 is 1.25 bits per heavy atom. The molecule has 0 saturated heterocycles. The van der Waals surface area contributed by atoms with Gasteiger partial charge >= 0.3 is 0 Å². The van der Waals surface area contributed by atoms with E-state index in [-0.39, 0.29) is 11.8 Å². The molecule has 3 N–H and O–H groups in total. The number of rotatable bonds is 4. The monoisotopic (exact) mass is 346 g/mol. The van der Waals surface area contributed by atoms with Crippen LogP contribution in [0.5, 0.6) is 5.75 Å². The van der Waals surface area contributed by atoms with Crippen LogP contribution in [0.3, 0.4) is 0 Å². The van der Waals surface area contributed by atoms with Crippen LogP contribution in [0.4, 0.5) is 5.95 Å². The summed E-state index contributed by atoms with van der Waals surface area (Å²) in [7, 11) is 0. The van der Waals surface area contributed by atoms with Gasteiger partial charge in [-0.3, -0.25) is 0 Å². The molecule has 0 radical (unpaired) electrons. The number of aliphatic hydroxyl groups is 1. The van der Waals surface area contributed by atoms with Crippen molar-refractivity contribution in [1.82, 2.24) is 15.2 Å². The second-order valence-electron chi connectivity index (χ2n) is 7.05. The molecular formula is C17H19ClN4O2. The Morgan fingerprint density at radius 3 is 2.62 bits per heavy atom. The molecule has 0 unspecified atom stereocenters. The van der Waals surface area contributed by atoms with Crippen LogP contribution in [0.25, 0.3) is 11.3 Å². The minimum absolute atomic E-state index is 0.0799. The molecular weight excluding hydrogens is 328 g/mol. The molecule has 0 atom stereocenters. The highest BCUT2D eigenvalue weighted by Gasteiger charge is 2.39. The summed E-state index contributed by atoms with van der Waals surface area (Å²) in [6.07, 6.45) is 3.49. The van der Waals surface area contributed by atoms with Gasteiger partial charge in [-0.05, 0) is 50.8 Å². The van der Waals surface area contributed by atoms with E-state index >= 15 is 0 Å². The molecule has 4 rings (SSSR count). The Kier molecular flexibility index (Phi) is 3.62. The van der Waals surface area contributed by atoms with Gasteiger partial charge in [-0.2, -0.15) is 0 Å². The Morgan fingerprint density at radius 2 is 2.00 bits per heavy atom. The number of benzene rings is 1. The lowest BCUT2D eigenvalue weighted by molar-refractivity contribution is -0.0236. The first kappa shape index (κ1) is 15.6. The van der Waals surface area contributed by atoms with E-state index in [1.807, 2.05) is 6.92 Å². The summed E-state index contributed by atoms with van der Waals surface area (Å²) in [5.74, 6) is 0.918. The van der Waals surface area contributed by atoms with Crippen molar-refractivity contribution in [1.29, 1.82) is 0 Å². The van der Waals surface area contributed by atoms with E-state index in [4.69, 9.17) is 11.6 Å². The third kappa shape index (κ3) is 3.03. The van der Waals surface area contributed by atoms with Crippen LogP contribution in [0.1, 0.15) is 44.2 Å². The van der Waals surface area contributed by atoms with Crippen LogP contribution in [0, 0.1) is 0 Å². The lowest BCUT2D eigenvalue weighted by Crippen LogP contribution is -2.48. The van der Waals surface area contributed by atoms with Crippen molar-refractivity contribution in [2.75, 3.05) is 5.32 Å². The predicted molar refractivity (Wildman–Crippen MR) is 91.2 cm³/mol. The molecule has 1 aromatic carbocycles. The van der Waals surface area contributed by atoms with E-state index in [1.54, 1.807) is 12.1 Å². The first-order valence-electron chi connectivity index (χ1n) is 8.14. The number of nitrogens with one attached hydrogen (secondary N) is 1. The van der Waals surface area contributed by atoms with Crippen molar-refractivity contribution >= 4 is 17.5 Å². The summed E-state index contributed by atoms with van der Waals surface area (Å²) in [4.78, 5) is 4.63. The number of aromatic hydroxyl groups is 1. The number of hydrogen-bond donors (Lipinski definition) is 3. The van der Waals surface area contributed by atoms with Crippen molar-refractivity contribution in [3.05, 3.63) is 28.9 Å². The van der Waals surface area contributed by atoms with Gasteiger partial charge in [0.15, 0.2) is 0 Å². The molecule has 1 aromatic heterocycles. The van der Waals surface area contributed by atoms with Crippen molar-refractivity contribution in [3.8, 4) is 17.0 Å². The summed E-state index contributed by atoms with van der Waals surface area (Å²) < 4.78 is 0. The number of phenolic OH excluding ortho intramolecular Hbond substituents is 1. The van der Waals surface area contributed by atoms with Gasteiger partial charge in [0.25, 0.3) is 0 Å². The average Bonchev–Trinajstić information content (AvgIpc) is 3.30. The first-order valence-corrected chi connectivity index (χ1v) is 8.51. The molecule has 24 heavy (non-hydrogen) atoms. The van der Waals surface area contributed by atoms with Gasteiger partial charge in [0.05, 0.1) is 11.3 Å². The highest BCUT2D eigenvalue weighted by atomic mass is 35.5. The summed E-state index contributed by atoms with van der Waals surface area (Å²) in [6.45, 7) is 1.83. The Balaban J connectivity index is 1.63. The quantitative estimate of drug-likeness (QED) is 0.788. The number of halogens is 1. The number of nitrogens with zero attached hydrogens (tertiary/aromatic N) is 3. The van der Waals surface area contributed by atoms with Crippen LogP contribution >= 0.6 is 11.6 Å². The largest absolute Gasteiger partial charge is 0.507 e. The Bertz CT molecular complexity index is 784. The minimum atomic E-state index is -0.598. The summed E-state index contributed by atoms with van der Waals surface area (Å²) in [5, 5.41) is 32.2. The zero-order chi connectivity index (χ0) is 16.9. The summed E-state index contributed by atoms with van der Waals surface area (Å²) >= 11 is 5.90. The molecule has 6 nitrogen and oxygen atoms in total. The second kappa shape index (κ2) is 5.57. The lowest BCUT2D eigenvalue weighted by atomic mass is 9.77. The van der Waals surface area contributed by atoms with Crippen LogP contribution in [0.15, 0.2) is 18.2 Å². The van der Waals surface area contributed by atoms with Crippen molar-refractivity contribution in [2.24, 2.45) is 0 Å². The molecule has 2 aromatic rings. The third-order valence-electron chi connectivity index (χ3n) is 4.60. The van der Waals surface area contributed by atoms with Gasteiger partial charge in [-0.15, -0.1) is 10.2 Å². The second-order valence-corrected chi connectivity index (χ2v) is 7.49. The maximum Gasteiger partial charge on any atom is 0.243 e. The molecule has 1 heterocycles. The molecule has 7 heteroatoms. The lowest BCUT2D eigenvalue weighted by Gasteiger charge is -2.41. The molecule has 2 fully saturated rings. The number of anilines is 1. The molecule has 2 saturated carbocycles. The standard InChI is InChI=1S/C17H19ClN4O2/c1-17(24)7-11(8-17)19-16-20-14(9-2-3-9)15(21-22-16)12-5-4-10(18)6-13(12)23/h4-6,9,11,23-24H,2-3,7-8H2,1H3,(H,19,20,22)/t11-,17+. The van der Waals surface area contributed by atoms with Crippen LogP contribution in [-0.2, 0) is 0 Å². The van der Waals surface area contributed by atoms with Gasteiger partial charge in [0.1, 0.15) is 11.4 Å².